The molecule has 0 aromatic heterocycles. The van der Waals surface area contributed by atoms with Gasteiger partial charge in [-0.3, -0.25) is 4.79 Å². The number of benzene rings is 1. The minimum atomic E-state index is -0.176. The molecule has 0 unspecified atom stereocenters. The molecule has 0 fully saturated rings. The number of nitrogens with two attached hydrogens (primary N) is 1. The number of carbonyl (C=O) groups is 1. The lowest BCUT2D eigenvalue weighted by atomic mass is 10.3. The highest BCUT2D eigenvalue weighted by Crippen LogP contribution is 2.28. The van der Waals surface area contributed by atoms with Crippen LogP contribution in [-0.4, -0.2) is 18.8 Å². The summed E-state index contributed by atoms with van der Waals surface area (Å²) in [7, 11) is 1.40. The first-order valence-corrected chi connectivity index (χ1v) is 6.24. The zero-order chi connectivity index (χ0) is 12.0. The van der Waals surface area contributed by atoms with Gasteiger partial charge in [-0.25, -0.2) is 0 Å². The Morgan fingerprint density at radius 1 is 1.56 bits per heavy atom. The second-order valence-corrected chi connectivity index (χ2v) is 4.78. The molecule has 0 heterocycles. The fraction of sp³-hybridized carbons (Fsp3) is 0.364. The maximum Gasteiger partial charge on any atom is 0.305 e. The number of methoxy groups -OCH3 is 1. The number of nitrogen functional groups attached to an aromatic ring is 1. The van der Waals surface area contributed by atoms with Crippen LogP contribution < -0.4 is 5.73 Å². The number of anilines is 1. The molecule has 0 bridgehead atoms. The van der Waals surface area contributed by atoms with Gasteiger partial charge in [0.25, 0.3) is 0 Å². The highest BCUT2D eigenvalue weighted by atomic mass is 35.5. The van der Waals surface area contributed by atoms with E-state index in [1.807, 2.05) is 6.07 Å². The van der Waals surface area contributed by atoms with Crippen LogP contribution in [0, 0.1) is 0 Å². The van der Waals surface area contributed by atoms with Gasteiger partial charge >= 0.3 is 5.97 Å². The predicted molar refractivity (Wildman–Crippen MR) is 67.8 cm³/mol. The average molecular weight is 260 g/mol. The molecule has 0 amide bonds. The van der Waals surface area contributed by atoms with Crippen LogP contribution in [0.2, 0.25) is 5.02 Å². The lowest BCUT2D eigenvalue weighted by molar-refractivity contribution is -0.140. The maximum atomic E-state index is 10.9. The Morgan fingerprint density at radius 2 is 2.31 bits per heavy atom. The molecular formula is C11H14ClNO2S. The molecule has 0 saturated heterocycles. The van der Waals surface area contributed by atoms with Gasteiger partial charge in [0.15, 0.2) is 0 Å². The summed E-state index contributed by atoms with van der Waals surface area (Å²) in [4.78, 5) is 11.9. The van der Waals surface area contributed by atoms with Gasteiger partial charge in [0.1, 0.15) is 0 Å². The molecule has 0 aliphatic carbocycles. The second-order valence-electron chi connectivity index (χ2n) is 3.21. The molecule has 0 aliphatic rings. The van der Waals surface area contributed by atoms with Crippen molar-refractivity contribution in [2.75, 3.05) is 18.6 Å². The summed E-state index contributed by atoms with van der Waals surface area (Å²) in [5.74, 6) is 0.658. The van der Waals surface area contributed by atoms with Crippen LogP contribution in [0.25, 0.3) is 0 Å². The smallest absolute Gasteiger partial charge is 0.305 e. The van der Waals surface area contributed by atoms with Crippen molar-refractivity contribution in [2.45, 2.75) is 17.7 Å². The van der Waals surface area contributed by atoms with Crippen LogP contribution in [-0.2, 0) is 9.53 Å². The van der Waals surface area contributed by atoms with E-state index in [9.17, 15) is 4.79 Å². The van der Waals surface area contributed by atoms with E-state index in [-0.39, 0.29) is 5.97 Å². The monoisotopic (exact) mass is 259 g/mol. The molecular weight excluding hydrogens is 246 g/mol. The number of halogens is 1. The first kappa shape index (κ1) is 13.2. The third kappa shape index (κ3) is 4.33. The van der Waals surface area contributed by atoms with Crippen molar-refractivity contribution >= 4 is 35.0 Å². The summed E-state index contributed by atoms with van der Waals surface area (Å²) < 4.78 is 4.55. The standard InChI is InChI=1S/C11H14ClNO2S/c1-15-11(14)3-2-6-16-10-5-4-8(12)7-9(10)13/h4-5,7H,2-3,6,13H2,1H3. The van der Waals surface area contributed by atoms with Crippen molar-refractivity contribution in [1.82, 2.24) is 0 Å². The summed E-state index contributed by atoms with van der Waals surface area (Å²) >= 11 is 7.40. The molecule has 0 saturated carbocycles. The molecule has 2 N–H and O–H groups in total. The highest BCUT2D eigenvalue weighted by molar-refractivity contribution is 7.99. The van der Waals surface area contributed by atoms with E-state index >= 15 is 0 Å². The van der Waals surface area contributed by atoms with Crippen LogP contribution in [0.5, 0.6) is 0 Å². The molecule has 3 nitrogen and oxygen atoms in total. The van der Waals surface area contributed by atoms with Crippen molar-refractivity contribution in [2.24, 2.45) is 0 Å². The van der Waals surface area contributed by atoms with Crippen molar-refractivity contribution < 1.29 is 9.53 Å². The first-order valence-electron chi connectivity index (χ1n) is 4.88. The van der Waals surface area contributed by atoms with E-state index in [4.69, 9.17) is 17.3 Å². The number of hydrogen-bond donors (Lipinski definition) is 1. The van der Waals surface area contributed by atoms with Gasteiger partial charge < -0.3 is 10.5 Å². The maximum absolute atomic E-state index is 10.9. The zero-order valence-electron chi connectivity index (χ0n) is 9.03. The Kier molecular flexibility index (Phi) is 5.49. The lowest BCUT2D eigenvalue weighted by Gasteiger charge is -2.05. The number of thioether (sulfide) groups is 1. The minimum Gasteiger partial charge on any atom is -0.469 e. The number of hydrogen-bond acceptors (Lipinski definition) is 4. The number of ether oxygens (including phenoxy) is 1. The van der Waals surface area contributed by atoms with Crippen molar-refractivity contribution in [1.29, 1.82) is 0 Å². The van der Waals surface area contributed by atoms with Crippen molar-refractivity contribution in [3.63, 3.8) is 0 Å². The summed E-state index contributed by atoms with van der Waals surface area (Å²) in [5, 5.41) is 0.636. The van der Waals surface area contributed by atoms with Gasteiger partial charge in [-0.15, -0.1) is 11.8 Å². The molecule has 5 heteroatoms. The molecule has 1 aromatic carbocycles. The molecule has 88 valence electrons. The molecule has 0 radical (unpaired) electrons. The first-order chi connectivity index (χ1) is 7.63. The molecule has 1 aromatic rings. The second kappa shape index (κ2) is 6.66. The summed E-state index contributed by atoms with van der Waals surface area (Å²) in [6.45, 7) is 0. The number of carbonyl (C=O) groups excluding carboxylic acids is 1. The Labute approximate surface area is 104 Å². The highest BCUT2D eigenvalue weighted by Gasteiger charge is 2.03. The molecule has 16 heavy (non-hydrogen) atoms. The summed E-state index contributed by atoms with van der Waals surface area (Å²) in [5.41, 5.74) is 6.47. The normalized spacial score (nSPS) is 10.1. The van der Waals surface area contributed by atoms with E-state index in [1.54, 1.807) is 23.9 Å². The van der Waals surface area contributed by atoms with Gasteiger partial charge in [-0.2, -0.15) is 0 Å². The molecule has 1 rings (SSSR count). The van der Waals surface area contributed by atoms with Gasteiger partial charge in [0.2, 0.25) is 0 Å². The lowest BCUT2D eigenvalue weighted by Crippen LogP contribution is -2.00. The summed E-state index contributed by atoms with van der Waals surface area (Å²) in [6, 6.07) is 5.42. The van der Waals surface area contributed by atoms with Crippen LogP contribution in [0.1, 0.15) is 12.8 Å². The largest absolute Gasteiger partial charge is 0.469 e. The zero-order valence-corrected chi connectivity index (χ0v) is 10.6. The van der Waals surface area contributed by atoms with E-state index in [1.165, 1.54) is 7.11 Å². The quantitative estimate of drug-likeness (QED) is 0.382. The number of rotatable bonds is 5. The Bertz CT molecular complexity index is 371. The van der Waals surface area contributed by atoms with Gasteiger partial charge in [-0.05, 0) is 30.4 Å². The van der Waals surface area contributed by atoms with Gasteiger partial charge in [-0.1, -0.05) is 11.6 Å². The van der Waals surface area contributed by atoms with Crippen LogP contribution in [0.3, 0.4) is 0 Å². The Balaban J connectivity index is 2.35. The van der Waals surface area contributed by atoms with Crippen LogP contribution in [0.4, 0.5) is 5.69 Å². The van der Waals surface area contributed by atoms with E-state index in [0.29, 0.717) is 17.1 Å². The van der Waals surface area contributed by atoms with Crippen molar-refractivity contribution in [3.8, 4) is 0 Å². The minimum absolute atomic E-state index is 0.176. The topological polar surface area (TPSA) is 52.3 Å². The summed E-state index contributed by atoms with van der Waals surface area (Å²) in [6.07, 6.45) is 1.22. The van der Waals surface area contributed by atoms with E-state index < -0.39 is 0 Å². The molecule has 0 spiro atoms. The Morgan fingerprint density at radius 3 is 2.94 bits per heavy atom. The van der Waals surface area contributed by atoms with Crippen LogP contribution >= 0.6 is 23.4 Å². The molecule has 0 aliphatic heterocycles. The Hall–Kier alpha value is -0.870. The number of esters is 1. The fourth-order valence-corrected chi connectivity index (χ4v) is 2.23. The molecule has 0 atom stereocenters. The van der Waals surface area contributed by atoms with Crippen LogP contribution in [0.15, 0.2) is 23.1 Å². The van der Waals surface area contributed by atoms with E-state index in [0.717, 1.165) is 17.1 Å². The predicted octanol–water partition coefficient (Wildman–Crippen LogP) is 2.97. The fourth-order valence-electron chi connectivity index (χ4n) is 1.15. The van der Waals surface area contributed by atoms with Gasteiger partial charge in [0.05, 0.1) is 7.11 Å². The third-order valence-electron chi connectivity index (χ3n) is 1.98. The third-order valence-corrected chi connectivity index (χ3v) is 3.39. The SMILES string of the molecule is COC(=O)CCCSc1ccc(Cl)cc1N. The van der Waals surface area contributed by atoms with E-state index in [2.05, 4.69) is 4.74 Å². The van der Waals surface area contributed by atoms with Crippen molar-refractivity contribution in [3.05, 3.63) is 23.2 Å². The van der Waals surface area contributed by atoms with Gasteiger partial charge in [0, 0.05) is 22.0 Å². The average Bonchev–Trinajstić information content (AvgIpc) is 2.26.